The minimum absolute atomic E-state index is 0.281. The maximum atomic E-state index is 13.4. The van der Waals surface area contributed by atoms with Crippen LogP contribution in [0, 0.1) is 5.82 Å². The topological polar surface area (TPSA) is 46.2 Å². The molecule has 6 heteroatoms. The van der Waals surface area contributed by atoms with E-state index in [0.717, 1.165) is 5.56 Å². The molecule has 0 saturated carbocycles. The van der Waals surface area contributed by atoms with Crippen molar-refractivity contribution in [2.45, 2.75) is 38.0 Å². The van der Waals surface area contributed by atoms with Gasteiger partial charge in [-0.2, -0.15) is 0 Å². The molecule has 0 aliphatic carbocycles. The van der Waals surface area contributed by atoms with Crippen LogP contribution in [0.3, 0.4) is 0 Å². The summed E-state index contributed by atoms with van der Waals surface area (Å²) in [6.07, 6.45) is 1.68. The van der Waals surface area contributed by atoms with E-state index in [4.69, 9.17) is 0 Å². The van der Waals surface area contributed by atoms with Crippen LogP contribution in [0.2, 0.25) is 0 Å². The number of likely N-dealkylation sites (N-methyl/N-ethyl adjacent to an activating group) is 1. The van der Waals surface area contributed by atoms with E-state index in [1.165, 1.54) is 18.4 Å². The zero-order valence-corrected chi connectivity index (χ0v) is 14.6. The van der Waals surface area contributed by atoms with E-state index in [-0.39, 0.29) is 11.9 Å². The van der Waals surface area contributed by atoms with Crippen molar-refractivity contribution in [2.24, 2.45) is 0 Å². The van der Waals surface area contributed by atoms with E-state index in [1.54, 1.807) is 13.8 Å². The molecule has 0 saturated heterocycles. The summed E-state index contributed by atoms with van der Waals surface area (Å²) in [6.45, 7) is 5.97. The second kappa shape index (κ2) is 6.54. The maximum Gasteiger partial charge on any atom is 0.154 e. The molecular weight excluding hydrogens is 345 g/mol. The van der Waals surface area contributed by atoms with Gasteiger partial charge in [0.05, 0.1) is 4.75 Å². The van der Waals surface area contributed by atoms with Crippen molar-refractivity contribution >= 4 is 25.8 Å². The molecule has 1 atom stereocenters. The van der Waals surface area contributed by atoms with E-state index in [1.807, 2.05) is 13.0 Å². The third kappa shape index (κ3) is 4.27. The van der Waals surface area contributed by atoms with Gasteiger partial charge in [0.15, 0.2) is 9.84 Å². The zero-order chi connectivity index (χ0) is 15.6. The standard InChI is InChI=1S/C14H21BrFNO2S/c1-5-17-13(14(2,3)20(4,18)19)8-10-6-11(15)9-12(16)7-10/h6-7,9,13,17H,5,8H2,1-4H3. The Labute approximate surface area is 129 Å². The van der Waals surface area contributed by atoms with E-state index >= 15 is 0 Å². The Morgan fingerprint density at radius 3 is 2.40 bits per heavy atom. The molecule has 114 valence electrons. The van der Waals surface area contributed by atoms with E-state index in [0.29, 0.717) is 17.4 Å². The number of hydrogen-bond donors (Lipinski definition) is 1. The lowest BCUT2D eigenvalue weighted by Crippen LogP contribution is -2.52. The van der Waals surface area contributed by atoms with Gasteiger partial charge in [-0.1, -0.05) is 22.9 Å². The second-order valence-electron chi connectivity index (χ2n) is 5.47. The monoisotopic (exact) mass is 365 g/mol. The Bertz CT molecular complexity index is 552. The van der Waals surface area contributed by atoms with Crippen molar-refractivity contribution in [2.75, 3.05) is 12.8 Å². The Morgan fingerprint density at radius 1 is 1.35 bits per heavy atom. The Morgan fingerprint density at radius 2 is 1.95 bits per heavy atom. The molecule has 0 heterocycles. The van der Waals surface area contributed by atoms with Gasteiger partial charge in [0.1, 0.15) is 5.82 Å². The van der Waals surface area contributed by atoms with Crippen LogP contribution < -0.4 is 5.32 Å². The lowest BCUT2D eigenvalue weighted by atomic mass is 9.95. The Hall–Kier alpha value is -0.460. The largest absolute Gasteiger partial charge is 0.312 e. The molecule has 1 rings (SSSR count). The first-order valence-electron chi connectivity index (χ1n) is 6.46. The molecular formula is C14H21BrFNO2S. The highest BCUT2D eigenvalue weighted by molar-refractivity contribution is 9.10. The lowest BCUT2D eigenvalue weighted by molar-refractivity contribution is 0.413. The highest BCUT2D eigenvalue weighted by Crippen LogP contribution is 2.25. The van der Waals surface area contributed by atoms with Crippen LogP contribution in [0.25, 0.3) is 0 Å². The molecule has 3 nitrogen and oxygen atoms in total. The van der Waals surface area contributed by atoms with Gasteiger partial charge in [-0.05, 0) is 50.6 Å². The molecule has 20 heavy (non-hydrogen) atoms. The molecule has 0 amide bonds. The van der Waals surface area contributed by atoms with Crippen molar-refractivity contribution in [3.05, 3.63) is 34.1 Å². The molecule has 1 aromatic rings. The molecule has 0 bridgehead atoms. The van der Waals surface area contributed by atoms with Gasteiger partial charge in [0.25, 0.3) is 0 Å². The second-order valence-corrected chi connectivity index (χ2v) is 8.98. The number of rotatable bonds is 6. The Balaban J connectivity index is 3.10. The highest BCUT2D eigenvalue weighted by atomic mass is 79.9. The minimum atomic E-state index is -3.23. The fourth-order valence-corrected chi connectivity index (χ4v) is 3.23. The van der Waals surface area contributed by atoms with Crippen LogP contribution in [0.15, 0.2) is 22.7 Å². The molecule has 1 unspecified atom stereocenters. The van der Waals surface area contributed by atoms with Crippen LogP contribution in [0.1, 0.15) is 26.3 Å². The third-order valence-corrected chi connectivity index (χ3v) is 6.26. The smallest absolute Gasteiger partial charge is 0.154 e. The first-order valence-corrected chi connectivity index (χ1v) is 9.14. The van der Waals surface area contributed by atoms with Crippen LogP contribution in [-0.2, 0) is 16.3 Å². The summed E-state index contributed by atoms with van der Waals surface area (Å²) in [5, 5.41) is 3.20. The van der Waals surface area contributed by atoms with Gasteiger partial charge in [0.2, 0.25) is 0 Å². The molecule has 0 spiro atoms. The van der Waals surface area contributed by atoms with Crippen molar-refractivity contribution in [3.63, 3.8) is 0 Å². The van der Waals surface area contributed by atoms with Crippen LogP contribution in [-0.4, -0.2) is 32.0 Å². The number of sulfone groups is 1. The van der Waals surface area contributed by atoms with Gasteiger partial charge in [-0.15, -0.1) is 0 Å². The first-order chi connectivity index (χ1) is 9.07. The van der Waals surface area contributed by atoms with Crippen LogP contribution in [0.4, 0.5) is 4.39 Å². The van der Waals surface area contributed by atoms with Gasteiger partial charge in [-0.25, -0.2) is 12.8 Å². The number of nitrogens with one attached hydrogen (secondary N) is 1. The Kier molecular flexibility index (Phi) is 5.75. The predicted octanol–water partition coefficient (Wildman–Crippen LogP) is 2.93. The average Bonchev–Trinajstić information content (AvgIpc) is 2.25. The normalized spacial score (nSPS) is 14.3. The van der Waals surface area contributed by atoms with Crippen molar-refractivity contribution in [1.29, 1.82) is 0 Å². The molecule has 0 aromatic heterocycles. The van der Waals surface area contributed by atoms with Crippen molar-refractivity contribution in [1.82, 2.24) is 5.32 Å². The summed E-state index contributed by atoms with van der Waals surface area (Å²) in [7, 11) is -3.23. The van der Waals surface area contributed by atoms with Crippen LogP contribution in [0.5, 0.6) is 0 Å². The fraction of sp³-hybridized carbons (Fsp3) is 0.571. The summed E-state index contributed by atoms with van der Waals surface area (Å²) in [5.74, 6) is -0.332. The average molecular weight is 366 g/mol. The quantitative estimate of drug-likeness (QED) is 0.842. The number of halogens is 2. The van der Waals surface area contributed by atoms with Crippen LogP contribution >= 0.6 is 15.9 Å². The van der Waals surface area contributed by atoms with E-state index < -0.39 is 14.6 Å². The summed E-state index contributed by atoms with van der Waals surface area (Å²) in [5.41, 5.74) is 0.763. The van der Waals surface area contributed by atoms with Gasteiger partial charge in [-0.3, -0.25) is 0 Å². The lowest BCUT2D eigenvalue weighted by Gasteiger charge is -2.33. The molecule has 1 aromatic carbocycles. The number of benzene rings is 1. The summed E-state index contributed by atoms with van der Waals surface area (Å²) in [4.78, 5) is 0. The predicted molar refractivity (Wildman–Crippen MR) is 84.2 cm³/mol. The molecule has 1 N–H and O–H groups in total. The summed E-state index contributed by atoms with van der Waals surface area (Å²) in [6, 6.07) is 4.35. The molecule has 0 radical (unpaired) electrons. The first kappa shape index (κ1) is 17.6. The highest BCUT2D eigenvalue weighted by Gasteiger charge is 2.38. The van der Waals surface area contributed by atoms with Crippen molar-refractivity contribution < 1.29 is 12.8 Å². The van der Waals surface area contributed by atoms with Gasteiger partial charge >= 0.3 is 0 Å². The fourth-order valence-electron chi connectivity index (χ4n) is 2.03. The minimum Gasteiger partial charge on any atom is -0.312 e. The molecule has 0 aliphatic rings. The van der Waals surface area contributed by atoms with E-state index in [2.05, 4.69) is 21.2 Å². The van der Waals surface area contributed by atoms with Gasteiger partial charge in [0, 0.05) is 16.8 Å². The molecule has 0 aliphatic heterocycles. The SMILES string of the molecule is CCNC(Cc1cc(F)cc(Br)c1)C(C)(C)S(C)(=O)=O. The summed E-state index contributed by atoms with van der Waals surface area (Å²) < 4.78 is 37.1. The maximum absolute atomic E-state index is 13.4. The zero-order valence-electron chi connectivity index (χ0n) is 12.2. The van der Waals surface area contributed by atoms with E-state index in [9.17, 15) is 12.8 Å². The molecule has 0 fully saturated rings. The third-order valence-electron chi connectivity index (χ3n) is 3.61. The van der Waals surface area contributed by atoms with Gasteiger partial charge < -0.3 is 5.32 Å². The number of hydrogen-bond acceptors (Lipinski definition) is 3. The summed E-state index contributed by atoms with van der Waals surface area (Å²) >= 11 is 3.25. The van der Waals surface area contributed by atoms with Crippen molar-refractivity contribution in [3.8, 4) is 0 Å².